The van der Waals surface area contributed by atoms with Gasteiger partial charge in [-0.25, -0.2) is 4.98 Å². The van der Waals surface area contributed by atoms with E-state index in [1.54, 1.807) is 28.8 Å². The lowest BCUT2D eigenvalue weighted by Crippen LogP contribution is -2.08. The maximum Gasteiger partial charge on any atom is 0.284 e. The van der Waals surface area contributed by atoms with E-state index in [4.69, 9.17) is 23.2 Å². The van der Waals surface area contributed by atoms with Crippen LogP contribution in [0.5, 0.6) is 5.88 Å². The van der Waals surface area contributed by atoms with Crippen LogP contribution < -0.4 is 0 Å². The van der Waals surface area contributed by atoms with Gasteiger partial charge in [0, 0.05) is 15.4 Å². The Labute approximate surface area is 205 Å². The molecule has 0 radical (unpaired) electrons. The molecule has 0 aliphatic carbocycles. The maximum atomic E-state index is 12.8. The first kappa shape index (κ1) is 21.6. The van der Waals surface area contributed by atoms with Gasteiger partial charge in [0.2, 0.25) is 5.88 Å². The number of amides is 1. The van der Waals surface area contributed by atoms with Crippen LogP contribution in [-0.4, -0.2) is 25.5 Å². The molecule has 0 aliphatic rings. The lowest BCUT2D eigenvalue weighted by Gasteiger charge is -2.07. The fourth-order valence-corrected chi connectivity index (χ4v) is 4.27. The van der Waals surface area contributed by atoms with Crippen LogP contribution in [0.25, 0.3) is 33.3 Å². The van der Waals surface area contributed by atoms with E-state index in [-0.39, 0.29) is 18.1 Å². The molecular formula is C23H14BrCl2N5O2. The van der Waals surface area contributed by atoms with Crippen molar-refractivity contribution in [3.05, 3.63) is 75.2 Å². The lowest BCUT2D eigenvalue weighted by molar-refractivity contribution is -0.118. The number of benzene rings is 3. The summed E-state index contributed by atoms with van der Waals surface area (Å²) in [5.74, 6) is -0.119. The number of H-pyrrole nitrogens is 1. The van der Waals surface area contributed by atoms with Gasteiger partial charge in [-0.1, -0.05) is 69.5 Å². The number of imidazole rings is 1. The number of azo groups is 1. The monoisotopic (exact) mass is 541 g/mol. The number of aromatic amines is 1. The molecule has 10 heteroatoms. The largest absolute Gasteiger partial charge is 0.493 e. The van der Waals surface area contributed by atoms with E-state index in [0.717, 1.165) is 10.0 Å². The Kier molecular flexibility index (Phi) is 5.65. The maximum absolute atomic E-state index is 12.8. The summed E-state index contributed by atoms with van der Waals surface area (Å²) in [6.45, 7) is -0.130. The van der Waals surface area contributed by atoms with Crippen LogP contribution in [0.4, 0.5) is 5.69 Å². The van der Waals surface area contributed by atoms with Gasteiger partial charge in [0.05, 0.1) is 26.6 Å². The summed E-state index contributed by atoms with van der Waals surface area (Å²) in [7, 11) is 0. The molecule has 2 N–H and O–H groups in total. The summed E-state index contributed by atoms with van der Waals surface area (Å²) in [5, 5.41) is 19.4. The van der Waals surface area contributed by atoms with Crippen LogP contribution in [0, 0.1) is 0 Å². The van der Waals surface area contributed by atoms with Crippen LogP contribution in [0.3, 0.4) is 0 Å². The third kappa shape index (κ3) is 4.13. The van der Waals surface area contributed by atoms with E-state index in [2.05, 4.69) is 36.1 Å². The van der Waals surface area contributed by atoms with Crippen molar-refractivity contribution in [1.82, 2.24) is 14.5 Å². The van der Waals surface area contributed by atoms with Gasteiger partial charge in [0.15, 0.2) is 5.69 Å². The molecule has 3 aromatic carbocycles. The van der Waals surface area contributed by atoms with Gasteiger partial charge in [-0.3, -0.25) is 4.79 Å². The molecule has 0 saturated carbocycles. The minimum absolute atomic E-state index is 0.130. The minimum Gasteiger partial charge on any atom is -0.493 e. The molecule has 5 aromatic rings. The van der Waals surface area contributed by atoms with E-state index in [9.17, 15) is 9.90 Å². The number of nitrogens with zero attached hydrogens (tertiary/aromatic N) is 4. The Morgan fingerprint density at radius 1 is 1.09 bits per heavy atom. The van der Waals surface area contributed by atoms with Crippen LogP contribution >= 0.6 is 39.1 Å². The van der Waals surface area contributed by atoms with Gasteiger partial charge < -0.3 is 14.7 Å². The van der Waals surface area contributed by atoms with Crippen molar-refractivity contribution in [3.8, 4) is 17.3 Å². The standard InChI is InChI=1S/C23H14BrCl2N5O2/c24-13-6-7-17-14(8-13)21(23(33)28-17)30-29-20(32)11-31-19-10-16(26)15(25)9-18(19)27-22(31)12-4-2-1-3-5-12/h1-10,28,33H,11H2. The fourth-order valence-electron chi connectivity index (χ4n) is 3.60. The summed E-state index contributed by atoms with van der Waals surface area (Å²) < 4.78 is 2.53. The van der Waals surface area contributed by atoms with Crippen molar-refractivity contribution >= 4 is 72.7 Å². The predicted molar refractivity (Wildman–Crippen MR) is 132 cm³/mol. The highest BCUT2D eigenvalue weighted by atomic mass is 79.9. The molecule has 0 bridgehead atoms. The third-order valence-corrected chi connectivity index (χ3v) is 6.31. The molecule has 5 rings (SSSR count). The zero-order valence-corrected chi connectivity index (χ0v) is 19.9. The summed E-state index contributed by atoms with van der Waals surface area (Å²) in [5.41, 5.74) is 2.94. The summed E-state index contributed by atoms with van der Waals surface area (Å²) in [6, 6.07) is 18.2. The number of fused-ring (bicyclic) bond motifs is 2. The predicted octanol–water partition coefficient (Wildman–Crippen LogP) is 7.27. The molecule has 0 saturated heterocycles. The van der Waals surface area contributed by atoms with E-state index in [1.165, 1.54) is 0 Å². The molecule has 1 amide bonds. The number of rotatable bonds is 4. The summed E-state index contributed by atoms with van der Waals surface area (Å²) in [6.07, 6.45) is 0. The summed E-state index contributed by atoms with van der Waals surface area (Å²) >= 11 is 15.8. The Morgan fingerprint density at radius 3 is 2.64 bits per heavy atom. The molecule has 7 nitrogen and oxygen atoms in total. The minimum atomic E-state index is -0.527. The number of hydrogen-bond donors (Lipinski definition) is 2. The first-order valence-electron chi connectivity index (χ1n) is 9.76. The van der Waals surface area contributed by atoms with Crippen LogP contribution in [0.1, 0.15) is 0 Å². The average molecular weight is 543 g/mol. The molecular weight excluding hydrogens is 529 g/mol. The van der Waals surface area contributed by atoms with E-state index in [0.29, 0.717) is 37.8 Å². The Balaban J connectivity index is 1.54. The van der Waals surface area contributed by atoms with Gasteiger partial charge in [0.1, 0.15) is 12.4 Å². The smallest absolute Gasteiger partial charge is 0.284 e. The second kappa shape index (κ2) is 8.62. The van der Waals surface area contributed by atoms with E-state index < -0.39 is 5.91 Å². The molecule has 0 unspecified atom stereocenters. The molecule has 0 aliphatic heterocycles. The van der Waals surface area contributed by atoms with Crippen molar-refractivity contribution in [2.45, 2.75) is 6.54 Å². The summed E-state index contributed by atoms with van der Waals surface area (Å²) in [4.78, 5) is 20.3. The molecule has 164 valence electrons. The van der Waals surface area contributed by atoms with Gasteiger partial charge in [-0.15, -0.1) is 10.2 Å². The zero-order valence-electron chi connectivity index (χ0n) is 16.8. The van der Waals surface area contributed by atoms with Gasteiger partial charge in [-0.2, -0.15) is 0 Å². The van der Waals surface area contributed by atoms with Crippen LogP contribution in [-0.2, 0) is 11.3 Å². The highest BCUT2D eigenvalue weighted by molar-refractivity contribution is 9.10. The average Bonchev–Trinajstić information content (AvgIpc) is 3.29. The first-order chi connectivity index (χ1) is 15.9. The van der Waals surface area contributed by atoms with Crippen molar-refractivity contribution < 1.29 is 9.90 Å². The van der Waals surface area contributed by atoms with Crippen LogP contribution in [0.15, 0.2) is 75.4 Å². The van der Waals surface area contributed by atoms with E-state index >= 15 is 0 Å². The third-order valence-electron chi connectivity index (χ3n) is 5.09. The molecule has 2 aromatic heterocycles. The van der Waals surface area contributed by atoms with Crippen molar-refractivity contribution in [1.29, 1.82) is 0 Å². The second-order valence-corrected chi connectivity index (χ2v) is 8.98. The number of aromatic hydroxyl groups is 1. The number of hydrogen-bond acceptors (Lipinski definition) is 4. The van der Waals surface area contributed by atoms with Gasteiger partial charge in [0.25, 0.3) is 5.91 Å². The first-order valence-corrected chi connectivity index (χ1v) is 11.3. The number of carbonyl (C=O) groups excluding carboxylic acids is 1. The van der Waals surface area contributed by atoms with Crippen molar-refractivity contribution in [2.75, 3.05) is 0 Å². The van der Waals surface area contributed by atoms with Crippen molar-refractivity contribution in [2.24, 2.45) is 10.2 Å². The topological polar surface area (TPSA) is 95.6 Å². The molecule has 33 heavy (non-hydrogen) atoms. The number of nitrogens with one attached hydrogen (secondary N) is 1. The molecule has 0 atom stereocenters. The fraction of sp³-hybridized carbons (Fsp3) is 0.0435. The Bertz CT molecular complexity index is 1560. The molecule has 0 fully saturated rings. The second-order valence-electron chi connectivity index (χ2n) is 7.25. The highest BCUT2D eigenvalue weighted by Gasteiger charge is 2.17. The Morgan fingerprint density at radius 2 is 1.85 bits per heavy atom. The van der Waals surface area contributed by atoms with E-state index in [1.807, 2.05) is 36.4 Å². The molecule has 2 heterocycles. The normalized spacial score (nSPS) is 11.7. The van der Waals surface area contributed by atoms with Crippen LogP contribution in [0.2, 0.25) is 10.0 Å². The number of carbonyl (C=O) groups is 1. The van der Waals surface area contributed by atoms with Crippen molar-refractivity contribution in [3.63, 3.8) is 0 Å². The number of halogens is 3. The highest BCUT2D eigenvalue weighted by Crippen LogP contribution is 2.37. The number of aromatic nitrogens is 3. The SMILES string of the molecule is O=C(Cn1c(-c2ccccc2)nc2cc(Cl)c(Cl)cc21)N=Nc1c(O)[nH]c2ccc(Br)cc12. The molecule has 0 spiro atoms. The Hall–Kier alpha value is -3.20. The zero-order chi connectivity index (χ0) is 23.1. The lowest BCUT2D eigenvalue weighted by atomic mass is 10.2. The van der Waals surface area contributed by atoms with Gasteiger partial charge >= 0.3 is 0 Å². The quantitative estimate of drug-likeness (QED) is 0.234. The van der Waals surface area contributed by atoms with Gasteiger partial charge in [-0.05, 0) is 30.3 Å².